The van der Waals surface area contributed by atoms with Crippen molar-refractivity contribution in [1.82, 2.24) is 0 Å². The molecule has 0 aliphatic carbocycles. The van der Waals surface area contributed by atoms with Crippen molar-refractivity contribution in [3.63, 3.8) is 0 Å². The minimum Gasteiger partial charge on any atom is -0.456 e. The zero-order valence-electron chi connectivity index (χ0n) is 26.8. The molecule has 4 heteroatoms. The second kappa shape index (κ2) is 10.4. The van der Waals surface area contributed by atoms with E-state index in [0.29, 0.717) is 0 Å². The predicted octanol–water partition coefficient (Wildman–Crippen LogP) is 13.7. The Labute approximate surface area is 286 Å². The maximum absolute atomic E-state index is 6.39. The molecular formula is C46H27NO3. The molecule has 0 bridgehead atoms. The summed E-state index contributed by atoms with van der Waals surface area (Å²) < 4.78 is 19.0. The van der Waals surface area contributed by atoms with E-state index in [4.69, 9.17) is 13.3 Å². The molecule has 0 fully saturated rings. The lowest BCUT2D eigenvalue weighted by atomic mass is 10.0. The van der Waals surface area contributed by atoms with E-state index in [0.717, 1.165) is 105 Å². The number of anilines is 3. The van der Waals surface area contributed by atoms with Crippen molar-refractivity contribution >= 4 is 93.5 Å². The van der Waals surface area contributed by atoms with Crippen LogP contribution in [-0.2, 0) is 0 Å². The maximum Gasteiger partial charge on any atom is 0.143 e. The average Bonchev–Trinajstić information content (AvgIpc) is 3.89. The fraction of sp³-hybridized carbons (Fsp3) is 0. The molecule has 0 aliphatic heterocycles. The van der Waals surface area contributed by atoms with Gasteiger partial charge in [0.15, 0.2) is 0 Å². The van der Waals surface area contributed by atoms with Crippen molar-refractivity contribution in [2.45, 2.75) is 0 Å². The summed E-state index contributed by atoms with van der Waals surface area (Å²) in [4.78, 5) is 2.31. The topological polar surface area (TPSA) is 42.7 Å². The number of furan rings is 3. The zero-order chi connectivity index (χ0) is 32.8. The van der Waals surface area contributed by atoms with Gasteiger partial charge in [-0.15, -0.1) is 0 Å². The molecule has 0 atom stereocenters. The van der Waals surface area contributed by atoms with Gasteiger partial charge in [0.05, 0.1) is 0 Å². The van der Waals surface area contributed by atoms with Crippen molar-refractivity contribution in [2.75, 3.05) is 4.90 Å². The number of hydrogen-bond acceptors (Lipinski definition) is 4. The SMILES string of the molecule is c1ccc2oc(-c3ccc(N(c4ccc5c(ccc6c7ccccc7oc56)c4)c4ccc5c(ccc6c7ccccc7oc56)c4)cc3)cc2c1. The van der Waals surface area contributed by atoms with Gasteiger partial charge < -0.3 is 18.2 Å². The van der Waals surface area contributed by atoms with Crippen LogP contribution < -0.4 is 4.90 Å². The Bertz CT molecular complexity index is 2920. The molecule has 8 aromatic carbocycles. The Morgan fingerprint density at radius 2 is 0.820 bits per heavy atom. The third kappa shape index (κ3) is 4.06. The van der Waals surface area contributed by atoms with Gasteiger partial charge in [-0.1, -0.05) is 66.7 Å². The molecule has 0 saturated heterocycles. The van der Waals surface area contributed by atoms with Crippen LogP contribution >= 0.6 is 0 Å². The lowest BCUT2D eigenvalue weighted by molar-refractivity contribution is 0.631. The number of benzene rings is 8. The summed E-state index contributed by atoms with van der Waals surface area (Å²) in [5.74, 6) is 0.852. The Kier molecular flexibility index (Phi) is 5.63. The molecule has 0 radical (unpaired) electrons. The van der Waals surface area contributed by atoms with Crippen LogP contribution in [0.4, 0.5) is 17.1 Å². The summed E-state index contributed by atoms with van der Waals surface area (Å²) in [5, 5.41) is 10.0. The van der Waals surface area contributed by atoms with E-state index in [9.17, 15) is 0 Å². The Hall–Kier alpha value is -6.78. The molecule has 0 unspecified atom stereocenters. The molecule has 0 amide bonds. The fourth-order valence-electron chi connectivity index (χ4n) is 7.62. The maximum atomic E-state index is 6.39. The molecule has 3 aromatic heterocycles. The zero-order valence-corrected chi connectivity index (χ0v) is 26.8. The summed E-state index contributed by atoms with van der Waals surface area (Å²) >= 11 is 0. The second-order valence-electron chi connectivity index (χ2n) is 12.9. The molecule has 0 saturated carbocycles. The normalized spacial score (nSPS) is 12.0. The summed E-state index contributed by atoms with van der Waals surface area (Å²) in [7, 11) is 0. The monoisotopic (exact) mass is 641 g/mol. The van der Waals surface area contributed by atoms with Crippen molar-refractivity contribution < 1.29 is 13.3 Å². The predicted molar refractivity (Wildman–Crippen MR) is 206 cm³/mol. The second-order valence-corrected chi connectivity index (χ2v) is 12.9. The summed E-state index contributed by atoms with van der Waals surface area (Å²) in [6.45, 7) is 0. The van der Waals surface area contributed by atoms with Gasteiger partial charge in [0.25, 0.3) is 0 Å². The first-order valence-electron chi connectivity index (χ1n) is 16.8. The van der Waals surface area contributed by atoms with Crippen LogP contribution in [0.5, 0.6) is 0 Å². The van der Waals surface area contributed by atoms with E-state index in [-0.39, 0.29) is 0 Å². The first-order chi connectivity index (χ1) is 24.7. The van der Waals surface area contributed by atoms with E-state index in [1.165, 1.54) is 0 Å². The van der Waals surface area contributed by atoms with Crippen LogP contribution in [0.15, 0.2) is 177 Å². The van der Waals surface area contributed by atoms with Crippen molar-refractivity contribution in [3.05, 3.63) is 164 Å². The molecule has 0 N–H and O–H groups in total. The van der Waals surface area contributed by atoms with Gasteiger partial charge in [-0.05, 0) is 108 Å². The van der Waals surface area contributed by atoms with Crippen molar-refractivity contribution in [1.29, 1.82) is 0 Å². The molecule has 11 aromatic rings. The van der Waals surface area contributed by atoms with Crippen LogP contribution in [0.25, 0.3) is 87.7 Å². The average molecular weight is 642 g/mol. The lowest BCUT2D eigenvalue weighted by Crippen LogP contribution is -2.09. The van der Waals surface area contributed by atoms with Crippen LogP contribution in [0.3, 0.4) is 0 Å². The minimum atomic E-state index is 0.852. The third-order valence-corrected chi connectivity index (χ3v) is 10.0. The van der Waals surface area contributed by atoms with Gasteiger partial charge in [0.1, 0.15) is 33.7 Å². The molecule has 11 rings (SSSR count). The first kappa shape index (κ1) is 27.2. The van der Waals surface area contributed by atoms with Crippen LogP contribution in [0.1, 0.15) is 0 Å². The quantitative estimate of drug-likeness (QED) is 0.192. The summed E-state index contributed by atoms with van der Waals surface area (Å²) in [5.41, 5.74) is 8.69. The molecule has 3 heterocycles. The molecule has 0 spiro atoms. The van der Waals surface area contributed by atoms with E-state index in [1.807, 2.05) is 42.5 Å². The number of rotatable bonds is 4. The van der Waals surface area contributed by atoms with Gasteiger partial charge in [-0.3, -0.25) is 0 Å². The Morgan fingerprint density at radius 3 is 1.40 bits per heavy atom. The number of fused-ring (bicyclic) bond motifs is 11. The molecule has 50 heavy (non-hydrogen) atoms. The van der Waals surface area contributed by atoms with E-state index in [1.54, 1.807) is 0 Å². The van der Waals surface area contributed by atoms with Gasteiger partial charge in [0, 0.05) is 60.3 Å². The minimum absolute atomic E-state index is 0.852. The lowest BCUT2D eigenvalue weighted by Gasteiger charge is -2.26. The Morgan fingerprint density at radius 1 is 0.320 bits per heavy atom. The van der Waals surface area contributed by atoms with Crippen molar-refractivity contribution in [2.24, 2.45) is 0 Å². The number of hydrogen-bond donors (Lipinski definition) is 0. The molecular weight excluding hydrogens is 615 g/mol. The van der Waals surface area contributed by atoms with Gasteiger partial charge >= 0.3 is 0 Å². The highest BCUT2D eigenvalue weighted by Crippen LogP contribution is 2.42. The highest BCUT2D eigenvalue weighted by Gasteiger charge is 2.18. The van der Waals surface area contributed by atoms with E-state index in [2.05, 4.69) is 126 Å². The highest BCUT2D eigenvalue weighted by molar-refractivity contribution is 6.17. The van der Waals surface area contributed by atoms with E-state index >= 15 is 0 Å². The fourth-order valence-corrected chi connectivity index (χ4v) is 7.62. The number of nitrogens with zero attached hydrogens (tertiary/aromatic N) is 1. The highest BCUT2D eigenvalue weighted by atomic mass is 16.3. The van der Waals surface area contributed by atoms with Crippen LogP contribution in [0, 0.1) is 0 Å². The third-order valence-electron chi connectivity index (χ3n) is 10.0. The van der Waals surface area contributed by atoms with E-state index < -0.39 is 0 Å². The van der Waals surface area contributed by atoms with Crippen LogP contribution in [-0.4, -0.2) is 0 Å². The Balaban J connectivity index is 1.08. The summed E-state index contributed by atoms with van der Waals surface area (Å²) in [6.07, 6.45) is 0. The number of para-hydroxylation sites is 3. The van der Waals surface area contributed by atoms with Gasteiger partial charge in [-0.25, -0.2) is 0 Å². The molecule has 234 valence electrons. The van der Waals surface area contributed by atoms with Crippen LogP contribution in [0.2, 0.25) is 0 Å². The standard InChI is InChI=1S/C46H27NO3/c1-4-10-41-31(7-1)27-44(48-41)28-13-17-32(18-14-28)47(33-19-23-35-29(25-33)15-21-39-37-8-2-5-11-42(37)49-45(35)39)34-20-24-36-30(26-34)16-22-40-38-9-3-6-12-43(38)50-46(36)40/h1-27H. The molecule has 0 aliphatic rings. The smallest absolute Gasteiger partial charge is 0.143 e. The first-order valence-corrected chi connectivity index (χ1v) is 16.8. The molecule has 4 nitrogen and oxygen atoms in total. The van der Waals surface area contributed by atoms with Gasteiger partial charge in [-0.2, -0.15) is 0 Å². The summed E-state index contributed by atoms with van der Waals surface area (Å²) in [6, 6.07) is 57.3. The largest absolute Gasteiger partial charge is 0.456 e. The van der Waals surface area contributed by atoms with Crippen molar-refractivity contribution in [3.8, 4) is 11.3 Å². The van der Waals surface area contributed by atoms with Gasteiger partial charge in [0.2, 0.25) is 0 Å².